The van der Waals surface area contributed by atoms with E-state index >= 15 is 0 Å². The highest BCUT2D eigenvalue weighted by Crippen LogP contribution is 2.32. The second kappa shape index (κ2) is 4.98. The molecule has 0 fully saturated rings. The Morgan fingerprint density at radius 3 is 2.60 bits per heavy atom. The van der Waals surface area contributed by atoms with Gasteiger partial charge in [0.25, 0.3) is 6.43 Å². The predicted molar refractivity (Wildman–Crippen MR) is 56.5 cm³/mol. The van der Waals surface area contributed by atoms with Crippen molar-refractivity contribution < 1.29 is 18.7 Å². The van der Waals surface area contributed by atoms with E-state index in [9.17, 15) is 13.6 Å². The molecule has 1 N–H and O–H groups in total. The number of alkyl halides is 3. The molecule has 15 heavy (non-hydrogen) atoms. The fourth-order valence-corrected chi connectivity index (χ4v) is 2.18. The molecule has 0 spiro atoms. The number of hydrogen-bond donors (Lipinski definition) is 1. The van der Waals surface area contributed by atoms with Crippen LogP contribution in [0.3, 0.4) is 0 Å². The maximum absolute atomic E-state index is 12.6. The first-order chi connectivity index (χ1) is 6.99. The van der Waals surface area contributed by atoms with Gasteiger partial charge in [0.1, 0.15) is 0 Å². The number of carboxylic acid groups (broad SMARTS) is 1. The summed E-state index contributed by atoms with van der Waals surface area (Å²) in [5.41, 5.74) is -0.698. The van der Waals surface area contributed by atoms with Gasteiger partial charge in [-0.2, -0.15) is 0 Å². The van der Waals surface area contributed by atoms with Crippen LogP contribution in [0, 0.1) is 0 Å². The SMILES string of the molecule is O=C(O)c1ncc(Br)c(C(F)F)c1CBr. The maximum atomic E-state index is 12.6. The molecule has 1 rings (SSSR count). The van der Waals surface area contributed by atoms with Gasteiger partial charge in [0.15, 0.2) is 5.69 Å². The maximum Gasteiger partial charge on any atom is 0.354 e. The van der Waals surface area contributed by atoms with Crippen molar-refractivity contribution >= 4 is 37.8 Å². The Morgan fingerprint density at radius 2 is 2.20 bits per heavy atom. The Balaban J connectivity index is 3.47. The van der Waals surface area contributed by atoms with E-state index in [2.05, 4.69) is 36.8 Å². The summed E-state index contributed by atoms with van der Waals surface area (Å²) in [6.07, 6.45) is -1.68. The predicted octanol–water partition coefficient (Wildman–Crippen LogP) is 3.37. The molecule has 0 amide bonds. The van der Waals surface area contributed by atoms with E-state index < -0.39 is 12.4 Å². The smallest absolute Gasteiger partial charge is 0.354 e. The van der Waals surface area contributed by atoms with Crippen LogP contribution in [0.4, 0.5) is 8.78 Å². The van der Waals surface area contributed by atoms with Gasteiger partial charge in [-0.25, -0.2) is 18.6 Å². The van der Waals surface area contributed by atoms with Crippen LogP contribution in [-0.4, -0.2) is 16.1 Å². The fourth-order valence-electron chi connectivity index (χ4n) is 1.10. The van der Waals surface area contributed by atoms with Gasteiger partial charge in [0.2, 0.25) is 0 Å². The summed E-state index contributed by atoms with van der Waals surface area (Å²) in [7, 11) is 0. The second-order valence-corrected chi connectivity index (χ2v) is 4.00. The lowest BCUT2D eigenvalue weighted by Gasteiger charge is -2.10. The molecule has 7 heteroatoms. The van der Waals surface area contributed by atoms with E-state index in [1.165, 1.54) is 0 Å². The molecule has 0 aromatic carbocycles. The number of aromatic carboxylic acids is 1. The van der Waals surface area contributed by atoms with Crippen LogP contribution in [0.5, 0.6) is 0 Å². The van der Waals surface area contributed by atoms with E-state index in [0.29, 0.717) is 0 Å². The summed E-state index contributed by atoms with van der Waals surface area (Å²) in [5.74, 6) is -1.32. The van der Waals surface area contributed by atoms with Crippen LogP contribution in [0.2, 0.25) is 0 Å². The molecule has 0 unspecified atom stereocenters. The summed E-state index contributed by atoms with van der Waals surface area (Å²) in [5, 5.41) is 8.76. The number of carboxylic acids is 1. The van der Waals surface area contributed by atoms with Crippen LogP contribution >= 0.6 is 31.9 Å². The number of rotatable bonds is 3. The van der Waals surface area contributed by atoms with Gasteiger partial charge in [0, 0.05) is 27.1 Å². The molecule has 0 atom stereocenters. The average molecular weight is 345 g/mol. The van der Waals surface area contributed by atoms with Crippen molar-refractivity contribution in [1.82, 2.24) is 4.98 Å². The summed E-state index contributed by atoms with van der Waals surface area (Å²) < 4.78 is 25.4. The van der Waals surface area contributed by atoms with Crippen molar-refractivity contribution in [2.75, 3.05) is 0 Å². The standard InChI is InChI=1S/C8H5Br2F2NO2/c9-1-3-5(7(11)12)4(10)2-13-6(3)8(14)15/h2,7H,1H2,(H,14,15). The molecule has 0 radical (unpaired) electrons. The highest BCUT2D eigenvalue weighted by Gasteiger charge is 2.23. The van der Waals surface area contributed by atoms with Crippen molar-refractivity contribution in [3.05, 3.63) is 27.5 Å². The molecule has 0 saturated carbocycles. The van der Waals surface area contributed by atoms with Crippen LogP contribution in [0.25, 0.3) is 0 Å². The molecular weight excluding hydrogens is 340 g/mol. The lowest BCUT2D eigenvalue weighted by atomic mass is 10.1. The number of pyridine rings is 1. The lowest BCUT2D eigenvalue weighted by Crippen LogP contribution is -2.08. The third-order valence-corrected chi connectivity index (χ3v) is 2.92. The minimum absolute atomic E-state index is 0.00752. The monoisotopic (exact) mass is 343 g/mol. The molecule has 1 aromatic heterocycles. The molecule has 1 aromatic rings. The van der Waals surface area contributed by atoms with Gasteiger partial charge in [-0.15, -0.1) is 0 Å². The summed E-state index contributed by atoms with van der Waals surface area (Å²) in [4.78, 5) is 14.3. The van der Waals surface area contributed by atoms with E-state index in [-0.39, 0.29) is 26.6 Å². The van der Waals surface area contributed by atoms with Gasteiger partial charge in [0.05, 0.1) is 0 Å². The van der Waals surface area contributed by atoms with Crippen molar-refractivity contribution in [3.8, 4) is 0 Å². The third kappa shape index (κ3) is 2.52. The fraction of sp³-hybridized carbons (Fsp3) is 0.250. The molecular formula is C8H5Br2F2NO2. The van der Waals surface area contributed by atoms with Crippen LogP contribution in [0.1, 0.15) is 28.0 Å². The van der Waals surface area contributed by atoms with Gasteiger partial charge < -0.3 is 5.11 Å². The summed E-state index contributed by atoms with van der Waals surface area (Å²) in [6, 6.07) is 0. The summed E-state index contributed by atoms with van der Waals surface area (Å²) >= 11 is 5.89. The first-order valence-electron chi connectivity index (χ1n) is 3.73. The largest absolute Gasteiger partial charge is 0.477 e. The zero-order chi connectivity index (χ0) is 11.6. The van der Waals surface area contributed by atoms with E-state index in [1.54, 1.807) is 0 Å². The van der Waals surface area contributed by atoms with Gasteiger partial charge in [-0.05, 0) is 15.9 Å². The van der Waals surface area contributed by atoms with Crippen LogP contribution in [-0.2, 0) is 5.33 Å². The zero-order valence-corrected chi connectivity index (χ0v) is 10.3. The molecule has 0 bridgehead atoms. The summed E-state index contributed by atoms with van der Waals surface area (Å²) in [6.45, 7) is 0. The van der Waals surface area contributed by atoms with Crippen molar-refractivity contribution in [2.24, 2.45) is 0 Å². The molecule has 0 aliphatic heterocycles. The Bertz CT molecular complexity index is 398. The number of aromatic nitrogens is 1. The Kier molecular flexibility index (Phi) is 4.15. The molecule has 82 valence electrons. The first kappa shape index (κ1) is 12.5. The third-order valence-electron chi connectivity index (χ3n) is 1.73. The number of halogens is 4. The molecule has 0 aliphatic carbocycles. The lowest BCUT2D eigenvalue weighted by molar-refractivity contribution is 0.0688. The Morgan fingerprint density at radius 1 is 1.60 bits per heavy atom. The quantitative estimate of drug-likeness (QED) is 0.855. The Labute approximate surface area is 101 Å². The van der Waals surface area contributed by atoms with Crippen molar-refractivity contribution in [2.45, 2.75) is 11.8 Å². The van der Waals surface area contributed by atoms with Crippen molar-refractivity contribution in [1.29, 1.82) is 0 Å². The highest BCUT2D eigenvalue weighted by molar-refractivity contribution is 9.10. The van der Waals surface area contributed by atoms with Gasteiger partial charge in [-0.3, -0.25) is 0 Å². The molecule has 0 saturated heterocycles. The van der Waals surface area contributed by atoms with Crippen LogP contribution < -0.4 is 0 Å². The number of hydrogen-bond acceptors (Lipinski definition) is 2. The normalized spacial score (nSPS) is 10.7. The molecule has 3 nitrogen and oxygen atoms in total. The Hall–Kier alpha value is -0.560. The average Bonchev–Trinajstić information content (AvgIpc) is 2.15. The minimum atomic E-state index is -2.74. The first-order valence-corrected chi connectivity index (χ1v) is 5.65. The van der Waals surface area contributed by atoms with Crippen molar-refractivity contribution in [3.63, 3.8) is 0 Å². The zero-order valence-electron chi connectivity index (χ0n) is 7.18. The van der Waals surface area contributed by atoms with E-state index in [1.807, 2.05) is 0 Å². The van der Waals surface area contributed by atoms with Gasteiger partial charge in [-0.1, -0.05) is 15.9 Å². The van der Waals surface area contributed by atoms with Crippen LogP contribution in [0.15, 0.2) is 10.7 Å². The molecule has 0 aliphatic rings. The number of nitrogens with zero attached hydrogens (tertiary/aromatic N) is 1. The second-order valence-electron chi connectivity index (χ2n) is 2.59. The van der Waals surface area contributed by atoms with E-state index in [4.69, 9.17) is 5.11 Å². The highest BCUT2D eigenvalue weighted by atomic mass is 79.9. The molecule has 1 heterocycles. The minimum Gasteiger partial charge on any atom is -0.477 e. The number of carbonyl (C=O) groups is 1. The van der Waals surface area contributed by atoms with Gasteiger partial charge >= 0.3 is 5.97 Å². The van der Waals surface area contributed by atoms with E-state index in [0.717, 1.165) is 6.20 Å². The topological polar surface area (TPSA) is 50.2 Å².